The van der Waals surface area contributed by atoms with Crippen molar-refractivity contribution < 1.29 is 4.74 Å². The molecule has 2 heterocycles. The number of hydrogen-bond donors (Lipinski definition) is 0. The van der Waals surface area contributed by atoms with Crippen LogP contribution in [0.3, 0.4) is 0 Å². The molecular formula is C8H13IO. The van der Waals surface area contributed by atoms with E-state index in [1.54, 1.807) is 0 Å². The zero-order valence-corrected chi connectivity index (χ0v) is 8.21. The van der Waals surface area contributed by atoms with Crippen LogP contribution >= 0.6 is 22.6 Å². The molecule has 0 saturated carbocycles. The molecule has 0 N–H and O–H groups in total. The summed E-state index contributed by atoms with van der Waals surface area (Å²) in [5, 5.41) is 0. The van der Waals surface area contributed by atoms with Crippen molar-refractivity contribution in [1.29, 1.82) is 0 Å². The molecule has 10 heavy (non-hydrogen) atoms. The molecule has 0 radical (unpaired) electrons. The summed E-state index contributed by atoms with van der Waals surface area (Å²) in [7, 11) is 0. The van der Waals surface area contributed by atoms with Gasteiger partial charge in [0.15, 0.2) is 0 Å². The fourth-order valence-electron chi connectivity index (χ4n) is 1.94. The van der Waals surface area contributed by atoms with Gasteiger partial charge in [-0.2, -0.15) is 0 Å². The maximum Gasteiger partial charge on any atom is 0.0696 e. The normalized spacial score (nSPS) is 47.1. The quantitative estimate of drug-likeness (QED) is 0.475. The molecule has 2 aliphatic heterocycles. The molecule has 2 rings (SSSR count). The Labute approximate surface area is 75.7 Å². The summed E-state index contributed by atoms with van der Waals surface area (Å²) in [4.78, 5) is 0. The molecule has 2 heteroatoms. The molecule has 0 aromatic rings. The standard InChI is InChI=1S/C8H13IO/c9-7-5-4-6-2-1-3-8(7)10-6/h6-8H,1-5H2. The Morgan fingerprint density at radius 1 is 1.10 bits per heavy atom. The molecule has 3 atom stereocenters. The lowest BCUT2D eigenvalue weighted by Gasteiger charge is -2.38. The molecule has 2 aliphatic rings. The van der Waals surface area contributed by atoms with Crippen LogP contribution in [0.25, 0.3) is 0 Å². The van der Waals surface area contributed by atoms with Crippen LogP contribution in [0.1, 0.15) is 32.1 Å². The first-order valence-electron chi connectivity index (χ1n) is 4.16. The van der Waals surface area contributed by atoms with Crippen molar-refractivity contribution in [2.24, 2.45) is 0 Å². The van der Waals surface area contributed by atoms with Crippen molar-refractivity contribution in [1.82, 2.24) is 0 Å². The second kappa shape index (κ2) is 2.97. The van der Waals surface area contributed by atoms with Gasteiger partial charge in [-0.15, -0.1) is 0 Å². The number of halogens is 1. The third-order valence-electron chi connectivity index (χ3n) is 2.55. The summed E-state index contributed by atoms with van der Waals surface area (Å²) >= 11 is 2.54. The van der Waals surface area contributed by atoms with Gasteiger partial charge < -0.3 is 4.74 Å². The van der Waals surface area contributed by atoms with Gasteiger partial charge >= 0.3 is 0 Å². The molecule has 3 unspecified atom stereocenters. The monoisotopic (exact) mass is 252 g/mol. The van der Waals surface area contributed by atoms with Gasteiger partial charge in [0, 0.05) is 3.92 Å². The Morgan fingerprint density at radius 2 is 2.00 bits per heavy atom. The van der Waals surface area contributed by atoms with Crippen molar-refractivity contribution in [3.63, 3.8) is 0 Å². The Balaban J connectivity index is 2.00. The van der Waals surface area contributed by atoms with Crippen LogP contribution in [0.5, 0.6) is 0 Å². The van der Waals surface area contributed by atoms with Crippen molar-refractivity contribution in [2.75, 3.05) is 0 Å². The zero-order valence-electron chi connectivity index (χ0n) is 6.05. The van der Waals surface area contributed by atoms with Crippen LogP contribution in [0.4, 0.5) is 0 Å². The lowest BCUT2D eigenvalue weighted by atomic mass is 9.92. The van der Waals surface area contributed by atoms with Gasteiger partial charge in [0.2, 0.25) is 0 Å². The topological polar surface area (TPSA) is 9.23 Å². The lowest BCUT2D eigenvalue weighted by Crippen LogP contribution is -2.38. The highest BCUT2D eigenvalue weighted by Gasteiger charge is 2.32. The molecule has 0 aromatic heterocycles. The molecular weight excluding hydrogens is 239 g/mol. The minimum atomic E-state index is 0.605. The van der Waals surface area contributed by atoms with E-state index in [0.717, 1.165) is 3.92 Å². The molecule has 0 aromatic carbocycles. The lowest BCUT2D eigenvalue weighted by molar-refractivity contribution is -0.0755. The summed E-state index contributed by atoms with van der Waals surface area (Å²) in [6, 6.07) is 0. The predicted molar refractivity (Wildman–Crippen MR) is 49.6 cm³/mol. The van der Waals surface area contributed by atoms with Gasteiger partial charge in [0.1, 0.15) is 0 Å². The molecule has 2 bridgehead atoms. The van der Waals surface area contributed by atoms with E-state index >= 15 is 0 Å². The molecule has 58 valence electrons. The molecule has 1 nitrogen and oxygen atoms in total. The number of ether oxygens (including phenoxy) is 1. The van der Waals surface area contributed by atoms with Gasteiger partial charge in [0.25, 0.3) is 0 Å². The molecule has 0 amide bonds. The van der Waals surface area contributed by atoms with Crippen LogP contribution in [-0.4, -0.2) is 16.1 Å². The van der Waals surface area contributed by atoms with E-state index in [1.165, 1.54) is 32.1 Å². The average molecular weight is 252 g/mol. The molecule has 2 saturated heterocycles. The van der Waals surface area contributed by atoms with Crippen LogP contribution in [-0.2, 0) is 4.74 Å². The minimum absolute atomic E-state index is 0.605. The largest absolute Gasteiger partial charge is 0.374 e. The predicted octanol–water partition coefficient (Wildman–Crippen LogP) is 2.52. The average Bonchev–Trinajstić information content (AvgIpc) is 1.99. The van der Waals surface area contributed by atoms with Gasteiger partial charge in [-0.25, -0.2) is 0 Å². The second-order valence-electron chi connectivity index (χ2n) is 3.32. The summed E-state index contributed by atoms with van der Waals surface area (Å²) < 4.78 is 6.63. The van der Waals surface area contributed by atoms with Crippen LogP contribution < -0.4 is 0 Å². The SMILES string of the molecule is IC1CCC2CCCC1O2. The van der Waals surface area contributed by atoms with Crippen LogP contribution in [0.15, 0.2) is 0 Å². The van der Waals surface area contributed by atoms with E-state index < -0.39 is 0 Å². The highest BCUT2D eigenvalue weighted by Crippen LogP contribution is 2.34. The van der Waals surface area contributed by atoms with E-state index in [1.807, 2.05) is 0 Å². The summed E-state index contributed by atoms with van der Waals surface area (Å²) in [5.74, 6) is 0. The van der Waals surface area contributed by atoms with Gasteiger partial charge in [-0.05, 0) is 32.1 Å². The molecule has 2 fully saturated rings. The van der Waals surface area contributed by atoms with E-state index in [9.17, 15) is 0 Å². The van der Waals surface area contributed by atoms with Crippen molar-refractivity contribution >= 4 is 22.6 Å². The van der Waals surface area contributed by atoms with E-state index in [4.69, 9.17) is 4.74 Å². The molecule has 0 aliphatic carbocycles. The van der Waals surface area contributed by atoms with Crippen molar-refractivity contribution in [3.8, 4) is 0 Å². The van der Waals surface area contributed by atoms with E-state index in [-0.39, 0.29) is 0 Å². The van der Waals surface area contributed by atoms with E-state index in [2.05, 4.69) is 22.6 Å². The zero-order chi connectivity index (χ0) is 6.97. The number of rotatable bonds is 0. The third kappa shape index (κ3) is 1.33. The Bertz CT molecular complexity index is 124. The first-order chi connectivity index (χ1) is 4.86. The van der Waals surface area contributed by atoms with Crippen LogP contribution in [0, 0.1) is 0 Å². The van der Waals surface area contributed by atoms with E-state index in [0.29, 0.717) is 12.2 Å². The van der Waals surface area contributed by atoms with Gasteiger partial charge in [0.05, 0.1) is 12.2 Å². The fourth-order valence-corrected chi connectivity index (χ4v) is 2.83. The first kappa shape index (κ1) is 7.35. The number of alkyl halides is 1. The highest BCUT2D eigenvalue weighted by molar-refractivity contribution is 14.1. The molecule has 0 spiro atoms. The summed E-state index contributed by atoms with van der Waals surface area (Å²) in [5.41, 5.74) is 0. The Morgan fingerprint density at radius 3 is 2.80 bits per heavy atom. The third-order valence-corrected chi connectivity index (χ3v) is 3.97. The fraction of sp³-hybridized carbons (Fsp3) is 1.00. The Kier molecular flexibility index (Phi) is 2.18. The Hall–Kier alpha value is 0.690. The second-order valence-corrected chi connectivity index (χ2v) is 4.92. The van der Waals surface area contributed by atoms with Gasteiger partial charge in [-0.1, -0.05) is 22.6 Å². The van der Waals surface area contributed by atoms with Crippen molar-refractivity contribution in [3.05, 3.63) is 0 Å². The van der Waals surface area contributed by atoms with Crippen molar-refractivity contribution in [2.45, 2.75) is 48.2 Å². The van der Waals surface area contributed by atoms with Crippen LogP contribution in [0.2, 0.25) is 0 Å². The summed E-state index contributed by atoms with van der Waals surface area (Å²) in [6.45, 7) is 0. The van der Waals surface area contributed by atoms with Gasteiger partial charge in [-0.3, -0.25) is 0 Å². The highest BCUT2D eigenvalue weighted by atomic mass is 127. The number of fused-ring (bicyclic) bond motifs is 2. The first-order valence-corrected chi connectivity index (χ1v) is 5.40. The minimum Gasteiger partial charge on any atom is -0.374 e. The maximum atomic E-state index is 5.83. The number of hydrogen-bond acceptors (Lipinski definition) is 1. The maximum absolute atomic E-state index is 5.83. The smallest absolute Gasteiger partial charge is 0.0696 e. The summed E-state index contributed by atoms with van der Waals surface area (Å²) in [6.07, 6.45) is 7.96.